The van der Waals surface area contributed by atoms with Crippen LogP contribution in [0.3, 0.4) is 0 Å². The summed E-state index contributed by atoms with van der Waals surface area (Å²) in [6.07, 6.45) is 5.92. The Labute approximate surface area is 207 Å². The van der Waals surface area contributed by atoms with Gasteiger partial charge in [0.05, 0.1) is 47.7 Å². The van der Waals surface area contributed by atoms with Gasteiger partial charge < -0.3 is 19.9 Å². The second kappa shape index (κ2) is 8.76. The molecule has 0 unspecified atom stereocenters. The zero-order valence-corrected chi connectivity index (χ0v) is 21.0. The van der Waals surface area contributed by atoms with E-state index in [9.17, 15) is 4.79 Å². The maximum Gasteiger partial charge on any atom is 0.226 e. The predicted octanol–water partition coefficient (Wildman–Crippen LogP) is 3.73. The molecule has 1 aliphatic carbocycles. The van der Waals surface area contributed by atoms with E-state index in [-0.39, 0.29) is 17.9 Å². The van der Waals surface area contributed by atoms with Crippen molar-refractivity contribution in [1.29, 1.82) is 0 Å². The van der Waals surface area contributed by atoms with E-state index in [0.717, 1.165) is 57.6 Å². The zero-order valence-electron chi connectivity index (χ0n) is 20.2. The summed E-state index contributed by atoms with van der Waals surface area (Å²) in [7, 11) is 4.05. The standard InChI is InChI=1S/C25H29N7O2S/c1-14-12-34-7-6-32(14)25(33)15-4-5-17-21(9-15)35-24-22(17)23(26-13-27-24)29-19-8-16-11-28-30-18(16)10-20(19)31(2)3/h8,10-11,13-15H,4-7,9,12H2,1-3H3,(H,28,30)(H,26,27,29)/t14-,15+/m1/s1. The third kappa shape index (κ3) is 3.90. The maximum absolute atomic E-state index is 13.3. The van der Waals surface area contributed by atoms with Crippen molar-refractivity contribution in [3.8, 4) is 0 Å². The minimum absolute atomic E-state index is 0.0179. The summed E-state index contributed by atoms with van der Waals surface area (Å²) in [6.45, 7) is 4.00. The first kappa shape index (κ1) is 22.2. The average Bonchev–Trinajstić information content (AvgIpc) is 3.47. The number of aromatic nitrogens is 4. The number of nitrogens with one attached hydrogen (secondary N) is 2. The van der Waals surface area contributed by atoms with Gasteiger partial charge in [-0.1, -0.05) is 0 Å². The van der Waals surface area contributed by atoms with Gasteiger partial charge in [0.2, 0.25) is 5.91 Å². The van der Waals surface area contributed by atoms with Gasteiger partial charge >= 0.3 is 0 Å². The van der Waals surface area contributed by atoms with Crippen molar-refractivity contribution in [3.63, 3.8) is 0 Å². The Balaban J connectivity index is 1.33. The number of hydrogen-bond donors (Lipinski definition) is 2. The Morgan fingerprint density at radius 3 is 3.03 bits per heavy atom. The highest BCUT2D eigenvalue weighted by Crippen LogP contribution is 2.42. The highest BCUT2D eigenvalue weighted by atomic mass is 32.1. The van der Waals surface area contributed by atoms with E-state index >= 15 is 0 Å². The van der Waals surface area contributed by atoms with Gasteiger partial charge in [-0.15, -0.1) is 11.3 Å². The van der Waals surface area contributed by atoms with Gasteiger partial charge in [-0.2, -0.15) is 5.10 Å². The second-order valence-electron chi connectivity index (χ2n) is 9.65. The first-order valence-corrected chi connectivity index (χ1v) is 12.9. The number of morpholine rings is 1. The molecule has 2 atom stereocenters. The SMILES string of the molecule is C[C@@H]1COCCN1C(=O)[C@H]1CCc2c(sc3ncnc(Nc4cc5cn[nH]c5cc4N(C)C)c23)C1. The fourth-order valence-electron chi connectivity index (χ4n) is 5.28. The number of carbonyl (C=O) groups is 1. The number of aryl methyl sites for hydroxylation is 1. The van der Waals surface area contributed by atoms with Crippen LogP contribution in [0.25, 0.3) is 21.1 Å². The van der Waals surface area contributed by atoms with E-state index in [0.29, 0.717) is 19.8 Å². The molecule has 6 rings (SSSR count). The van der Waals surface area contributed by atoms with Crippen LogP contribution in [0.15, 0.2) is 24.7 Å². The van der Waals surface area contributed by atoms with Crippen molar-refractivity contribution in [3.05, 3.63) is 35.1 Å². The third-order valence-corrected chi connectivity index (χ3v) is 8.30. The first-order valence-electron chi connectivity index (χ1n) is 12.0. The summed E-state index contributed by atoms with van der Waals surface area (Å²) in [5.74, 6) is 1.09. The van der Waals surface area contributed by atoms with Crippen molar-refractivity contribution in [1.82, 2.24) is 25.1 Å². The van der Waals surface area contributed by atoms with Crippen LogP contribution >= 0.6 is 11.3 Å². The number of fused-ring (bicyclic) bond motifs is 4. The molecule has 0 saturated carbocycles. The molecule has 1 fully saturated rings. The van der Waals surface area contributed by atoms with Gasteiger partial charge in [0.1, 0.15) is 17.0 Å². The summed E-state index contributed by atoms with van der Waals surface area (Å²) in [5.41, 5.74) is 4.28. The Hall–Kier alpha value is -3.24. The summed E-state index contributed by atoms with van der Waals surface area (Å²) >= 11 is 1.70. The molecule has 1 amide bonds. The minimum Gasteiger partial charge on any atom is -0.377 e. The number of ether oxygens (including phenoxy) is 1. The fraction of sp³-hybridized carbons (Fsp3) is 0.440. The van der Waals surface area contributed by atoms with E-state index in [1.807, 2.05) is 25.2 Å². The zero-order chi connectivity index (χ0) is 24.1. The molecular weight excluding hydrogens is 462 g/mol. The smallest absolute Gasteiger partial charge is 0.226 e. The van der Waals surface area contributed by atoms with Crippen LogP contribution in [-0.4, -0.2) is 70.9 Å². The normalized spacial score (nSPS) is 20.3. The quantitative estimate of drug-likeness (QED) is 0.449. The largest absolute Gasteiger partial charge is 0.377 e. The summed E-state index contributed by atoms with van der Waals surface area (Å²) in [4.78, 5) is 28.8. The number of thiophene rings is 1. The Morgan fingerprint density at radius 2 is 2.20 bits per heavy atom. The van der Waals surface area contributed by atoms with Gasteiger partial charge in [-0.25, -0.2) is 9.97 Å². The van der Waals surface area contributed by atoms with Crippen molar-refractivity contribution >= 4 is 55.6 Å². The monoisotopic (exact) mass is 491 g/mol. The molecule has 2 aliphatic rings. The van der Waals surface area contributed by atoms with Crippen LogP contribution in [0.2, 0.25) is 0 Å². The Kier molecular flexibility index (Phi) is 5.57. The van der Waals surface area contributed by atoms with E-state index in [4.69, 9.17) is 4.74 Å². The molecular formula is C25H29N7O2S. The van der Waals surface area contributed by atoms with Crippen LogP contribution in [0.5, 0.6) is 0 Å². The fourth-order valence-corrected chi connectivity index (χ4v) is 6.55. The number of H-pyrrole nitrogens is 1. The predicted molar refractivity (Wildman–Crippen MR) is 139 cm³/mol. The topological polar surface area (TPSA) is 99.3 Å². The number of anilines is 3. The van der Waals surface area contributed by atoms with Gasteiger partial charge in [0.25, 0.3) is 0 Å². The highest BCUT2D eigenvalue weighted by Gasteiger charge is 2.34. The van der Waals surface area contributed by atoms with Gasteiger partial charge in [0.15, 0.2) is 0 Å². The van der Waals surface area contributed by atoms with Crippen molar-refractivity contribution < 1.29 is 9.53 Å². The number of aromatic amines is 1. The van der Waals surface area contributed by atoms with Gasteiger partial charge in [-0.05, 0) is 43.9 Å². The van der Waals surface area contributed by atoms with Gasteiger partial charge in [-0.3, -0.25) is 9.89 Å². The number of nitrogens with zero attached hydrogens (tertiary/aromatic N) is 5. The lowest BCUT2D eigenvalue weighted by molar-refractivity contribution is -0.143. The molecule has 4 aromatic rings. The van der Waals surface area contributed by atoms with Gasteiger partial charge in [0, 0.05) is 36.8 Å². The molecule has 0 spiro atoms. The lowest BCUT2D eigenvalue weighted by Gasteiger charge is -2.36. The van der Waals surface area contributed by atoms with Crippen LogP contribution in [0.4, 0.5) is 17.2 Å². The van der Waals surface area contributed by atoms with Crippen LogP contribution in [0, 0.1) is 5.92 Å². The molecule has 4 heterocycles. The molecule has 2 N–H and O–H groups in total. The van der Waals surface area contributed by atoms with E-state index in [2.05, 4.69) is 49.4 Å². The summed E-state index contributed by atoms with van der Waals surface area (Å²) in [5, 5.41) is 12.9. The molecule has 1 aromatic carbocycles. The molecule has 182 valence electrons. The van der Waals surface area contributed by atoms with E-state index in [1.165, 1.54) is 10.4 Å². The molecule has 35 heavy (non-hydrogen) atoms. The molecule has 1 aliphatic heterocycles. The Bertz CT molecular complexity index is 1410. The number of benzene rings is 1. The molecule has 1 saturated heterocycles. The lowest BCUT2D eigenvalue weighted by Crippen LogP contribution is -2.50. The number of amides is 1. The van der Waals surface area contributed by atoms with E-state index in [1.54, 1.807) is 17.7 Å². The molecule has 0 radical (unpaired) electrons. The Morgan fingerprint density at radius 1 is 1.31 bits per heavy atom. The average molecular weight is 492 g/mol. The van der Waals surface area contributed by atoms with Crippen LogP contribution in [-0.2, 0) is 22.4 Å². The second-order valence-corrected chi connectivity index (χ2v) is 10.7. The molecule has 9 nitrogen and oxygen atoms in total. The van der Waals surface area contributed by atoms with Crippen molar-refractivity contribution in [2.24, 2.45) is 5.92 Å². The maximum atomic E-state index is 13.3. The number of hydrogen-bond acceptors (Lipinski definition) is 8. The first-order chi connectivity index (χ1) is 17.0. The minimum atomic E-state index is 0.0179. The van der Waals surface area contributed by atoms with Crippen LogP contribution < -0.4 is 10.2 Å². The van der Waals surface area contributed by atoms with Crippen LogP contribution in [0.1, 0.15) is 23.8 Å². The highest BCUT2D eigenvalue weighted by molar-refractivity contribution is 7.19. The summed E-state index contributed by atoms with van der Waals surface area (Å²) in [6, 6.07) is 4.33. The van der Waals surface area contributed by atoms with Crippen molar-refractivity contribution in [2.45, 2.75) is 32.2 Å². The van der Waals surface area contributed by atoms with E-state index < -0.39 is 0 Å². The summed E-state index contributed by atoms with van der Waals surface area (Å²) < 4.78 is 5.53. The molecule has 10 heteroatoms. The lowest BCUT2D eigenvalue weighted by atomic mass is 9.86. The molecule has 0 bridgehead atoms. The number of rotatable bonds is 4. The molecule has 3 aromatic heterocycles. The van der Waals surface area contributed by atoms with Crippen molar-refractivity contribution in [2.75, 3.05) is 44.1 Å². The third-order valence-electron chi connectivity index (χ3n) is 7.14. The number of carbonyl (C=O) groups excluding carboxylic acids is 1.